The zero-order valence-corrected chi connectivity index (χ0v) is 14.7. The van der Waals surface area contributed by atoms with Crippen molar-refractivity contribution in [1.82, 2.24) is 9.78 Å². The van der Waals surface area contributed by atoms with Crippen LogP contribution in [0.15, 0.2) is 67.0 Å². The summed E-state index contributed by atoms with van der Waals surface area (Å²) in [5, 5.41) is 6.92. The van der Waals surface area contributed by atoms with Crippen LogP contribution in [0, 0.1) is 0 Å². The van der Waals surface area contributed by atoms with Crippen LogP contribution in [0.2, 0.25) is 0 Å². The molecule has 0 atom stereocenters. The van der Waals surface area contributed by atoms with Gasteiger partial charge in [0, 0.05) is 36.6 Å². The Morgan fingerprint density at radius 2 is 1.81 bits per heavy atom. The van der Waals surface area contributed by atoms with Gasteiger partial charge in [0.1, 0.15) is 0 Å². The van der Waals surface area contributed by atoms with E-state index in [1.807, 2.05) is 37.3 Å². The fourth-order valence-corrected chi connectivity index (χ4v) is 2.56. The number of anilines is 2. The second-order valence-electron chi connectivity index (χ2n) is 5.82. The van der Waals surface area contributed by atoms with Crippen LogP contribution in [0.1, 0.15) is 27.6 Å². The summed E-state index contributed by atoms with van der Waals surface area (Å²) in [5.74, 6) is -0.456. The Bertz CT molecular complexity index is 918. The molecule has 0 aliphatic heterocycles. The number of aryl methyl sites for hydroxylation is 1. The smallest absolute Gasteiger partial charge is 0.258 e. The van der Waals surface area contributed by atoms with Gasteiger partial charge in [-0.05, 0) is 37.3 Å². The SMILES string of the molecule is CCn1cc(NC(=O)c2cccc(C(=O)N(C)c3ccccc3)c2)cn1. The summed E-state index contributed by atoms with van der Waals surface area (Å²) in [4.78, 5) is 26.7. The Morgan fingerprint density at radius 1 is 1.08 bits per heavy atom. The molecule has 6 heteroatoms. The quantitative estimate of drug-likeness (QED) is 0.768. The van der Waals surface area contributed by atoms with Crippen molar-refractivity contribution in [3.8, 4) is 0 Å². The first-order valence-corrected chi connectivity index (χ1v) is 8.35. The Labute approximate surface area is 152 Å². The van der Waals surface area contributed by atoms with E-state index in [4.69, 9.17) is 0 Å². The number of rotatable bonds is 5. The summed E-state index contributed by atoms with van der Waals surface area (Å²) in [6.45, 7) is 2.70. The number of para-hydroxylation sites is 1. The highest BCUT2D eigenvalue weighted by atomic mass is 16.2. The highest BCUT2D eigenvalue weighted by Crippen LogP contribution is 2.16. The van der Waals surface area contributed by atoms with Crippen LogP contribution in [-0.2, 0) is 6.54 Å². The zero-order chi connectivity index (χ0) is 18.5. The molecule has 0 aliphatic carbocycles. The lowest BCUT2D eigenvalue weighted by Crippen LogP contribution is -2.26. The molecule has 132 valence electrons. The van der Waals surface area contributed by atoms with E-state index in [0.29, 0.717) is 16.8 Å². The molecule has 3 rings (SSSR count). The van der Waals surface area contributed by atoms with Crippen LogP contribution in [0.25, 0.3) is 0 Å². The van der Waals surface area contributed by atoms with Gasteiger partial charge in [0.15, 0.2) is 0 Å². The summed E-state index contributed by atoms with van der Waals surface area (Å²) in [6, 6.07) is 16.1. The minimum Gasteiger partial charge on any atom is -0.319 e. The minimum atomic E-state index is -0.280. The predicted molar refractivity (Wildman–Crippen MR) is 101 cm³/mol. The maximum absolute atomic E-state index is 12.7. The summed E-state index contributed by atoms with van der Waals surface area (Å²) in [6.07, 6.45) is 3.36. The molecule has 0 spiro atoms. The van der Waals surface area contributed by atoms with Gasteiger partial charge in [0.2, 0.25) is 0 Å². The number of hydrogen-bond acceptors (Lipinski definition) is 3. The molecule has 6 nitrogen and oxygen atoms in total. The van der Waals surface area contributed by atoms with Crippen molar-refractivity contribution in [3.63, 3.8) is 0 Å². The van der Waals surface area contributed by atoms with Crippen LogP contribution in [0.3, 0.4) is 0 Å². The molecule has 0 fully saturated rings. The Balaban J connectivity index is 1.77. The number of nitrogens with zero attached hydrogens (tertiary/aromatic N) is 3. The first-order valence-electron chi connectivity index (χ1n) is 8.35. The topological polar surface area (TPSA) is 67.2 Å². The maximum Gasteiger partial charge on any atom is 0.258 e. The molecular formula is C20H20N4O2. The van der Waals surface area contributed by atoms with Crippen molar-refractivity contribution < 1.29 is 9.59 Å². The van der Waals surface area contributed by atoms with Gasteiger partial charge in [-0.1, -0.05) is 24.3 Å². The summed E-state index contributed by atoms with van der Waals surface area (Å²) in [5.41, 5.74) is 2.28. The normalized spacial score (nSPS) is 10.4. The van der Waals surface area contributed by atoms with Crippen molar-refractivity contribution in [2.75, 3.05) is 17.3 Å². The van der Waals surface area contributed by atoms with E-state index in [0.717, 1.165) is 12.2 Å². The molecule has 1 N–H and O–H groups in total. The fourth-order valence-electron chi connectivity index (χ4n) is 2.56. The van der Waals surface area contributed by atoms with Gasteiger partial charge in [-0.15, -0.1) is 0 Å². The van der Waals surface area contributed by atoms with Gasteiger partial charge in [0.05, 0.1) is 11.9 Å². The molecule has 0 aliphatic rings. The Morgan fingerprint density at radius 3 is 2.50 bits per heavy atom. The molecular weight excluding hydrogens is 328 g/mol. The number of aromatic nitrogens is 2. The standard InChI is InChI=1S/C20H20N4O2/c1-3-24-14-17(13-21-24)22-19(25)15-8-7-9-16(12-15)20(26)23(2)18-10-5-4-6-11-18/h4-14H,3H2,1-2H3,(H,22,25). The van der Waals surface area contributed by atoms with Gasteiger partial charge in [-0.3, -0.25) is 14.3 Å². The molecule has 26 heavy (non-hydrogen) atoms. The second-order valence-corrected chi connectivity index (χ2v) is 5.82. The average Bonchev–Trinajstić information content (AvgIpc) is 3.15. The molecule has 2 amide bonds. The highest BCUT2D eigenvalue weighted by molar-refractivity contribution is 6.09. The van der Waals surface area contributed by atoms with Crippen LogP contribution in [0.5, 0.6) is 0 Å². The molecule has 0 radical (unpaired) electrons. The van der Waals surface area contributed by atoms with Gasteiger partial charge >= 0.3 is 0 Å². The number of carbonyl (C=O) groups is 2. The Hall–Kier alpha value is -3.41. The fraction of sp³-hybridized carbons (Fsp3) is 0.150. The number of benzene rings is 2. The summed E-state index contributed by atoms with van der Waals surface area (Å²) in [7, 11) is 1.71. The van der Waals surface area contributed by atoms with Crippen LogP contribution in [0.4, 0.5) is 11.4 Å². The van der Waals surface area contributed by atoms with E-state index in [1.54, 1.807) is 53.3 Å². The van der Waals surface area contributed by atoms with Crippen molar-refractivity contribution >= 4 is 23.2 Å². The number of nitrogens with one attached hydrogen (secondary N) is 1. The third-order valence-corrected chi connectivity index (χ3v) is 4.03. The molecule has 0 bridgehead atoms. The van der Waals surface area contributed by atoms with Crippen molar-refractivity contribution in [2.45, 2.75) is 13.5 Å². The van der Waals surface area contributed by atoms with E-state index < -0.39 is 0 Å². The molecule has 0 saturated heterocycles. The first-order chi connectivity index (χ1) is 12.6. The Kier molecular flexibility index (Phi) is 5.12. The second kappa shape index (κ2) is 7.65. The van der Waals surface area contributed by atoms with Crippen molar-refractivity contribution in [3.05, 3.63) is 78.1 Å². The number of hydrogen-bond donors (Lipinski definition) is 1. The molecule has 2 aromatic carbocycles. The van der Waals surface area contributed by atoms with Crippen molar-refractivity contribution in [1.29, 1.82) is 0 Å². The lowest BCUT2D eigenvalue weighted by molar-refractivity contribution is 0.0993. The lowest BCUT2D eigenvalue weighted by Gasteiger charge is -2.17. The van der Waals surface area contributed by atoms with Crippen molar-refractivity contribution in [2.24, 2.45) is 0 Å². The average molecular weight is 348 g/mol. The van der Waals surface area contributed by atoms with E-state index in [9.17, 15) is 9.59 Å². The van der Waals surface area contributed by atoms with Gasteiger partial charge in [-0.2, -0.15) is 5.10 Å². The molecule has 1 aromatic heterocycles. The number of amides is 2. The molecule has 3 aromatic rings. The third-order valence-electron chi connectivity index (χ3n) is 4.03. The third kappa shape index (κ3) is 3.80. The van der Waals surface area contributed by atoms with Gasteiger partial charge in [0.25, 0.3) is 11.8 Å². The summed E-state index contributed by atoms with van der Waals surface area (Å²) < 4.78 is 1.73. The predicted octanol–water partition coefficient (Wildman–Crippen LogP) is 3.43. The van der Waals surface area contributed by atoms with Crippen LogP contribution in [-0.4, -0.2) is 28.6 Å². The van der Waals surface area contributed by atoms with Gasteiger partial charge in [-0.25, -0.2) is 0 Å². The molecule has 0 saturated carbocycles. The number of carbonyl (C=O) groups excluding carboxylic acids is 2. The first kappa shape index (κ1) is 17.4. The van der Waals surface area contributed by atoms with E-state index in [2.05, 4.69) is 10.4 Å². The maximum atomic E-state index is 12.7. The van der Waals surface area contributed by atoms with E-state index >= 15 is 0 Å². The largest absolute Gasteiger partial charge is 0.319 e. The lowest BCUT2D eigenvalue weighted by atomic mass is 10.1. The summed E-state index contributed by atoms with van der Waals surface area (Å²) >= 11 is 0. The van der Waals surface area contributed by atoms with E-state index in [-0.39, 0.29) is 11.8 Å². The molecule has 0 unspecified atom stereocenters. The van der Waals surface area contributed by atoms with Gasteiger partial charge < -0.3 is 10.2 Å². The highest BCUT2D eigenvalue weighted by Gasteiger charge is 2.15. The molecule has 1 heterocycles. The monoisotopic (exact) mass is 348 g/mol. The van der Waals surface area contributed by atoms with Crippen LogP contribution >= 0.6 is 0 Å². The minimum absolute atomic E-state index is 0.176. The van der Waals surface area contributed by atoms with Crippen LogP contribution < -0.4 is 10.2 Å². The zero-order valence-electron chi connectivity index (χ0n) is 14.7. The van der Waals surface area contributed by atoms with E-state index in [1.165, 1.54) is 0 Å².